The molecule has 2 saturated carbocycles. The molecule has 0 amide bonds. The summed E-state index contributed by atoms with van der Waals surface area (Å²) in [6, 6.07) is 0. The summed E-state index contributed by atoms with van der Waals surface area (Å²) in [5.41, 5.74) is 0. The maximum atomic E-state index is 6.32. The second-order valence-electron chi connectivity index (χ2n) is 6.35. The Morgan fingerprint density at radius 2 is 1.33 bits per heavy atom. The van der Waals surface area contributed by atoms with E-state index in [1.807, 2.05) is 0 Å². The molecular formula is C16H30O2. The van der Waals surface area contributed by atoms with E-state index in [9.17, 15) is 0 Å². The van der Waals surface area contributed by atoms with Gasteiger partial charge in [0.2, 0.25) is 0 Å². The van der Waals surface area contributed by atoms with Crippen LogP contribution in [0.2, 0.25) is 0 Å². The fourth-order valence-electron chi connectivity index (χ4n) is 3.32. The molecule has 18 heavy (non-hydrogen) atoms. The Morgan fingerprint density at radius 1 is 0.778 bits per heavy atom. The van der Waals surface area contributed by atoms with Gasteiger partial charge in [0.25, 0.3) is 0 Å². The first-order valence-corrected chi connectivity index (χ1v) is 8.06. The second-order valence-corrected chi connectivity index (χ2v) is 6.35. The van der Waals surface area contributed by atoms with E-state index in [0.717, 1.165) is 0 Å². The zero-order chi connectivity index (χ0) is 12.8. The van der Waals surface area contributed by atoms with Crippen molar-refractivity contribution in [3.63, 3.8) is 0 Å². The molecule has 2 nitrogen and oxygen atoms in total. The van der Waals surface area contributed by atoms with E-state index in [4.69, 9.17) is 9.47 Å². The third-order valence-electron chi connectivity index (χ3n) is 4.32. The summed E-state index contributed by atoms with van der Waals surface area (Å²) in [6.45, 7) is 4.25. The van der Waals surface area contributed by atoms with E-state index in [0.29, 0.717) is 12.0 Å². The van der Waals surface area contributed by atoms with E-state index in [-0.39, 0.29) is 12.4 Å². The van der Waals surface area contributed by atoms with Crippen LogP contribution in [0.1, 0.15) is 78.1 Å². The molecule has 2 heteroatoms. The Balaban J connectivity index is 1.86. The van der Waals surface area contributed by atoms with Gasteiger partial charge in [0, 0.05) is 5.92 Å². The van der Waals surface area contributed by atoms with Crippen molar-refractivity contribution in [2.75, 3.05) is 0 Å². The molecule has 2 aliphatic carbocycles. The Hall–Kier alpha value is -0.0800. The van der Waals surface area contributed by atoms with Crippen molar-refractivity contribution in [2.24, 2.45) is 5.92 Å². The molecule has 2 fully saturated rings. The zero-order valence-corrected chi connectivity index (χ0v) is 12.2. The lowest BCUT2D eigenvalue weighted by atomic mass is 9.88. The SMILES string of the molecule is CC(C)OC(OC1CCCCC1)C1CCCCC1. The van der Waals surface area contributed by atoms with Gasteiger partial charge in [-0.25, -0.2) is 0 Å². The maximum absolute atomic E-state index is 6.32. The number of hydrogen-bond donors (Lipinski definition) is 0. The minimum Gasteiger partial charge on any atom is -0.350 e. The van der Waals surface area contributed by atoms with E-state index in [1.165, 1.54) is 64.2 Å². The van der Waals surface area contributed by atoms with Crippen LogP contribution in [0.15, 0.2) is 0 Å². The van der Waals surface area contributed by atoms with Gasteiger partial charge in [0.05, 0.1) is 12.2 Å². The Bertz CT molecular complexity index is 215. The summed E-state index contributed by atoms with van der Waals surface area (Å²) >= 11 is 0. The highest BCUT2D eigenvalue weighted by Gasteiger charge is 2.29. The van der Waals surface area contributed by atoms with Gasteiger partial charge in [0.1, 0.15) is 0 Å². The van der Waals surface area contributed by atoms with Gasteiger partial charge in [0.15, 0.2) is 6.29 Å². The largest absolute Gasteiger partial charge is 0.350 e. The van der Waals surface area contributed by atoms with Crippen molar-refractivity contribution in [1.82, 2.24) is 0 Å². The van der Waals surface area contributed by atoms with Gasteiger partial charge >= 0.3 is 0 Å². The normalized spacial score (nSPS) is 25.5. The number of rotatable bonds is 5. The predicted octanol–water partition coefficient (Wildman–Crippen LogP) is 4.67. The lowest BCUT2D eigenvalue weighted by molar-refractivity contribution is -0.221. The first-order chi connectivity index (χ1) is 8.75. The van der Waals surface area contributed by atoms with Crippen LogP contribution < -0.4 is 0 Å². The summed E-state index contributed by atoms with van der Waals surface area (Å²) in [5, 5.41) is 0. The molecule has 2 rings (SSSR count). The average molecular weight is 254 g/mol. The van der Waals surface area contributed by atoms with Crippen LogP contribution in [0.3, 0.4) is 0 Å². The third-order valence-corrected chi connectivity index (χ3v) is 4.32. The second kappa shape index (κ2) is 7.49. The molecule has 1 unspecified atom stereocenters. The van der Waals surface area contributed by atoms with Crippen LogP contribution in [-0.4, -0.2) is 18.5 Å². The quantitative estimate of drug-likeness (QED) is 0.664. The van der Waals surface area contributed by atoms with Gasteiger partial charge in [-0.3, -0.25) is 0 Å². The molecule has 0 spiro atoms. The van der Waals surface area contributed by atoms with Crippen LogP contribution in [0.25, 0.3) is 0 Å². The molecule has 0 aromatic rings. The minimum atomic E-state index is 0.0633. The van der Waals surface area contributed by atoms with Crippen LogP contribution in [0, 0.1) is 5.92 Å². The molecule has 0 bridgehead atoms. The first-order valence-electron chi connectivity index (χ1n) is 8.06. The van der Waals surface area contributed by atoms with E-state index in [1.54, 1.807) is 0 Å². The maximum Gasteiger partial charge on any atom is 0.161 e. The van der Waals surface area contributed by atoms with Gasteiger partial charge in [-0.05, 0) is 39.5 Å². The molecule has 2 aliphatic rings. The molecule has 0 aliphatic heterocycles. The molecule has 0 N–H and O–H groups in total. The van der Waals surface area contributed by atoms with Crippen molar-refractivity contribution in [1.29, 1.82) is 0 Å². The van der Waals surface area contributed by atoms with Crippen molar-refractivity contribution >= 4 is 0 Å². The molecule has 0 aromatic heterocycles. The van der Waals surface area contributed by atoms with Crippen molar-refractivity contribution in [3.05, 3.63) is 0 Å². The van der Waals surface area contributed by atoms with Gasteiger partial charge in [-0.2, -0.15) is 0 Å². The molecule has 0 heterocycles. The van der Waals surface area contributed by atoms with Gasteiger partial charge < -0.3 is 9.47 Å². The third kappa shape index (κ3) is 4.55. The summed E-state index contributed by atoms with van der Waals surface area (Å²) in [7, 11) is 0. The fraction of sp³-hybridized carbons (Fsp3) is 1.00. The topological polar surface area (TPSA) is 18.5 Å². The molecule has 0 aromatic carbocycles. The Labute approximate surface area is 112 Å². The van der Waals surface area contributed by atoms with Crippen molar-refractivity contribution in [3.8, 4) is 0 Å². The summed E-state index contributed by atoms with van der Waals surface area (Å²) < 4.78 is 12.4. The van der Waals surface area contributed by atoms with Gasteiger partial charge in [-0.1, -0.05) is 38.5 Å². The fourth-order valence-corrected chi connectivity index (χ4v) is 3.32. The zero-order valence-electron chi connectivity index (χ0n) is 12.2. The van der Waals surface area contributed by atoms with Crippen LogP contribution in [-0.2, 0) is 9.47 Å². The van der Waals surface area contributed by atoms with Gasteiger partial charge in [-0.15, -0.1) is 0 Å². The average Bonchev–Trinajstić information content (AvgIpc) is 2.40. The van der Waals surface area contributed by atoms with Crippen LogP contribution in [0.4, 0.5) is 0 Å². The predicted molar refractivity (Wildman–Crippen MR) is 74.5 cm³/mol. The molecule has 0 saturated heterocycles. The molecule has 106 valence electrons. The Morgan fingerprint density at radius 3 is 1.89 bits per heavy atom. The molecule has 0 radical (unpaired) electrons. The highest BCUT2D eigenvalue weighted by Crippen LogP contribution is 2.32. The van der Waals surface area contributed by atoms with E-state index in [2.05, 4.69) is 13.8 Å². The number of hydrogen-bond acceptors (Lipinski definition) is 2. The summed E-state index contributed by atoms with van der Waals surface area (Å²) in [6.07, 6.45) is 14.1. The first kappa shape index (κ1) is 14.3. The standard InChI is InChI=1S/C16H30O2/c1-13(2)17-16(14-9-5-3-6-10-14)18-15-11-7-4-8-12-15/h13-16H,3-12H2,1-2H3. The molecular weight excluding hydrogens is 224 g/mol. The lowest BCUT2D eigenvalue weighted by Gasteiger charge is -2.35. The summed E-state index contributed by atoms with van der Waals surface area (Å²) in [4.78, 5) is 0. The monoisotopic (exact) mass is 254 g/mol. The lowest BCUT2D eigenvalue weighted by Crippen LogP contribution is -2.35. The van der Waals surface area contributed by atoms with Crippen LogP contribution in [0.5, 0.6) is 0 Å². The smallest absolute Gasteiger partial charge is 0.161 e. The van der Waals surface area contributed by atoms with Crippen LogP contribution >= 0.6 is 0 Å². The highest BCUT2D eigenvalue weighted by atomic mass is 16.7. The molecule has 1 atom stereocenters. The summed E-state index contributed by atoms with van der Waals surface area (Å²) in [5.74, 6) is 0.642. The van der Waals surface area contributed by atoms with E-state index >= 15 is 0 Å². The van der Waals surface area contributed by atoms with Crippen molar-refractivity contribution in [2.45, 2.75) is 96.6 Å². The van der Waals surface area contributed by atoms with E-state index < -0.39 is 0 Å². The Kier molecular flexibility index (Phi) is 5.97. The highest BCUT2D eigenvalue weighted by molar-refractivity contribution is 4.73. The number of ether oxygens (including phenoxy) is 2. The minimum absolute atomic E-state index is 0.0633. The van der Waals surface area contributed by atoms with Crippen molar-refractivity contribution < 1.29 is 9.47 Å².